The predicted molar refractivity (Wildman–Crippen MR) is 72.4 cm³/mol. The van der Waals surface area contributed by atoms with Gasteiger partial charge in [-0.25, -0.2) is 0 Å². The first-order valence-corrected chi connectivity index (χ1v) is 6.62. The Morgan fingerprint density at radius 3 is 2.72 bits per heavy atom. The zero-order valence-electron chi connectivity index (χ0n) is 10.9. The summed E-state index contributed by atoms with van der Waals surface area (Å²) in [6.45, 7) is 3.68. The van der Waals surface area contributed by atoms with E-state index in [2.05, 4.69) is 13.0 Å². The van der Waals surface area contributed by atoms with Gasteiger partial charge < -0.3 is 15.2 Å². The van der Waals surface area contributed by atoms with Gasteiger partial charge in [-0.3, -0.25) is 0 Å². The topological polar surface area (TPSA) is 44.5 Å². The Kier molecular flexibility index (Phi) is 4.65. The molecule has 0 bridgehead atoms. The van der Waals surface area contributed by atoms with E-state index in [-0.39, 0.29) is 6.04 Å². The number of benzene rings is 1. The summed E-state index contributed by atoms with van der Waals surface area (Å²) in [7, 11) is 0. The number of rotatable bonds is 6. The minimum atomic E-state index is -0.155. The van der Waals surface area contributed by atoms with Crippen LogP contribution in [0.1, 0.15) is 37.8 Å². The first-order valence-electron chi connectivity index (χ1n) is 6.62. The Labute approximate surface area is 109 Å². The monoisotopic (exact) mass is 247 g/mol. The second-order valence-corrected chi connectivity index (χ2v) is 4.49. The average molecular weight is 247 g/mol. The first kappa shape index (κ1) is 13.0. The molecular weight excluding hydrogens is 226 g/mol. The summed E-state index contributed by atoms with van der Waals surface area (Å²) in [6.07, 6.45) is 5.26. The maximum Gasteiger partial charge on any atom is 0.119 e. The largest absolute Gasteiger partial charge is 0.496 e. The van der Waals surface area contributed by atoms with Gasteiger partial charge in [0.1, 0.15) is 11.5 Å². The quantitative estimate of drug-likeness (QED) is 0.785. The Bertz CT molecular complexity index is 397. The van der Waals surface area contributed by atoms with Crippen molar-refractivity contribution in [2.24, 2.45) is 5.73 Å². The van der Waals surface area contributed by atoms with Gasteiger partial charge in [-0.2, -0.15) is 0 Å². The van der Waals surface area contributed by atoms with Gasteiger partial charge in [0.05, 0.1) is 19.3 Å². The van der Waals surface area contributed by atoms with Crippen LogP contribution < -0.4 is 10.5 Å². The minimum absolute atomic E-state index is 0.155. The maximum atomic E-state index is 6.14. The van der Waals surface area contributed by atoms with E-state index < -0.39 is 0 Å². The van der Waals surface area contributed by atoms with Crippen molar-refractivity contribution in [1.82, 2.24) is 0 Å². The summed E-state index contributed by atoms with van der Waals surface area (Å²) in [4.78, 5) is 0. The van der Waals surface area contributed by atoms with Crippen molar-refractivity contribution in [2.75, 3.05) is 13.2 Å². The Balaban J connectivity index is 1.94. The minimum Gasteiger partial charge on any atom is -0.496 e. The second kappa shape index (κ2) is 6.45. The van der Waals surface area contributed by atoms with E-state index in [0.717, 1.165) is 49.5 Å². The summed E-state index contributed by atoms with van der Waals surface area (Å²) in [5.41, 5.74) is 7.20. The molecule has 1 aliphatic heterocycles. The van der Waals surface area contributed by atoms with Crippen LogP contribution in [0.15, 0.2) is 36.1 Å². The molecule has 0 fully saturated rings. The summed E-state index contributed by atoms with van der Waals surface area (Å²) in [5, 5.41) is 0. The zero-order chi connectivity index (χ0) is 12.8. The zero-order valence-corrected chi connectivity index (χ0v) is 10.9. The van der Waals surface area contributed by atoms with Crippen molar-refractivity contribution in [3.8, 4) is 5.75 Å². The Morgan fingerprint density at radius 1 is 1.33 bits per heavy atom. The fourth-order valence-corrected chi connectivity index (χ4v) is 1.92. The van der Waals surface area contributed by atoms with Gasteiger partial charge in [0.25, 0.3) is 0 Å². The molecule has 0 radical (unpaired) electrons. The van der Waals surface area contributed by atoms with Gasteiger partial charge in [-0.15, -0.1) is 0 Å². The molecule has 1 heterocycles. The van der Waals surface area contributed by atoms with E-state index in [1.54, 1.807) is 0 Å². The molecule has 0 aliphatic carbocycles. The summed E-state index contributed by atoms with van der Waals surface area (Å²) in [6, 6.07) is 7.81. The van der Waals surface area contributed by atoms with Crippen LogP contribution >= 0.6 is 0 Å². The molecule has 1 unspecified atom stereocenters. The molecule has 1 aromatic carbocycles. The number of hydrogen-bond donors (Lipinski definition) is 1. The molecule has 1 atom stereocenters. The van der Waals surface area contributed by atoms with E-state index >= 15 is 0 Å². The van der Waals surface area contributed by atoms with Gasteiger partial charge in [-0.1, -0.05) is 25.5 Å². The van der Waals surface area contributed by atoms with Gasteiger partial charge in [0, 0.05) is 6.42 Å². The van der Waals surface area contributed by atoms with Crippen LogP contribution in [0.4, 0.5) is 0 Å². The van der Waals surface area contributed by atoms with Gasteiger partial charge in [0.15, 0.2) is 0 Å². The highest BCUT2D eigenvalue weighted by Gasteiger charge is 2.16. The lowest BCUT2D eigenvalue weighted by Crippen LogP contribution is -2.13. The molecule has 18 heavy (non-hydrogen) atoms. The fourth-order valence-electron chi connectivity index (χ4n) is 1.92. The third-order valence-corrected chi connectivity index (χ3v) is 3.04. The van der Waals surface area contributed by atoms with Crippen LogP contribution in [-0.2, 0) is 4.74 Å². The molecular formula is C15H21NO2. The predicted octanol–water partition coefficient (Wildman–Crippen LogP) is 3.17. The van der Waals surface area contributed by atoms with Crippen molar-refractivity contribution in [1.29, 1.82) is 0 Å². The molecule has 3 heteroatoms. The number of nitrogens with two attached hydrogens (primary N) is 1. The molecule has 2 rings (SSSR count). The van der Waals surface area contributed by atoms with Crippen LogP contribution in [0, 0.1) is 0 Å². The summed E-state index contributed by atoms with van der Waals surface area (Å²) < 4.78 is 11.1. The molecule has 0 spiro atoms. The van der Waals surface area contributed by atoms with Crippen LogP contribution in [0.3, 0.4) is 0 Å². The Morgan fingerprint density at radius 2 is 2.11 bits per heavy atom. The lowest BCUT2D eigenvalue weighted by atomic mass is 10.1. The molecule has 2 N–H and O–H groups in total. The first-order chi connectivity index (χ1) is 8.81. The van der Waals surface area contributed by atoms with Gasteiger partial charge >= 0.3 is 0 Å². The van der Waals surface area contributed by atoms with Crippen molar-refractivity contribution in [3.63, 3.8) is 0 Å². The molecule has 1 aliphatic rings. The van der Waals surface area contributed by atoms with E-state index in [1.807, 2.05) is 24.3 Å². The molecule has 3 nitrogen and oxygen atoms in total. The third-order valence-electron chi connectivity index (χ3n) is 3.04. The maximum absolute atomic E-state index is 6.14. The average Bonchev–Trinajstić information content (AvgIpc) is 2.93. The molecule has 98 valence electrons. The van der Waals surface area contributed by atoms with Crippen molar-refractivity contribution in [2.45, 2.75) is 32.2 Å². The van der Waals surface area contributed by atoms with E-state index in [1.165, 1.54) is 0 Å². The highest BCUT2D eigenvalue weighted by molar-refractivity contribution is 5.32. The van der Waals surface area contributed by atoms with Gasteiger partial charge in [0.2, 0.25) is 0 Å². The molecule has 1 aromatic rings. The fraction of sp³-hybridized carbons (Fsp3) is 0.467. The van der Waals surface area contributed by atoms with E-state index in [4.69, 9.17) is 15.2 Å². The SMILES string of the molecule is CCCCOc1ccc(C(N)C2=CCCO2)cc1. The lowest BCUT2D eigenvalue weighted by Gasteiger charge is -2.14. The number of ether oxygens (including phenoxy) is 2. The third kappa shape index (κ3) is 3.26. The van der Waals surface area contributed by atoms with Crippen LogP contribution in [0.2, 0.25) is 0 Å². The second-order valence-electron chi connectivity index (χ2n) is 4.49. The molecule has 0 saturated carbocycles. The van der Waals surface area contributed by atoms with Crippen LogP contribution in [0.25, 0.3) is 0 Å². The standard InChI is InChI=1S/C15H21NO2/c1-2-3-10-17-13-8-6-12(7-9-13)15(16)14-5-4-11-18-14/h5-9,15H,2-4,10-11,16H2,1H3. The highest BCUT2D eigenvalue weighted by atomic mass is 16.5. The highest BCUT2D eigenvalue weighted by Crippen LogP contribution is 2.25. The van der Waals surface area contributed by atoms with Crippen molar-refractivity contribution >= 4 is 0 Å². The summed E-state index contributed by atoms with van der Waals surface area (Å²) >= 11 is 0. The van der Waals surface area contributed by atoms with Crippen molar-refractivity contribution in [3.05, 3.63) is 41.7 Å². The molecule has 0 aromatic heterocycles. The molecule has 0 amide bonds. The van der Waals surface area contributed by atoms with E-state index in [9.17, 15) is 0 Å². The number of unbranched alkanes of at least 4 members (excludes halogenated alkanes) is 1. The molecule has 0 saturated heterocycles. The summed E-state index contributed by atoms with van der Waals surface area (Å²) in [5.74, 6) is 1.79. The number of hydrogen-bond acceptors (Lipinski definition) is 3. The van der Waals surface area contributed by atoms with Crippen LogP contribution in [0.5, 0.6) is 5.75 Å². The van der Waals surface area contributed by atoms with Crippen LogP contribution in [-0.4, -0.2) is 13.2 Å². The smallest absolute Gasteiger partial charge is 0.119 e. The van der Waals surface area contributed by atoms with Gasteiger partial charge in [-0.05, 0) is 30.2 Å². The van der Waals surface area contributed by atoms with Crippen molar-refractivity contribution < 1.29 is 9.47 Å². The van der Waals surface area contributed by atoms with E-state index in [0.29, 0.717) is 0 Å². The lowest BCUT2D eigenvalue weighted by molar-refractivity contribution is 0.225. The Hall–Kier alpha value is -1.48. The normalized spacial score (nSPS) is 16.0.